The molecule has 1 atom stereocenters. The van der Waals surface area contributed by atoms with Gasteiger partial charge in [0.15, 0.2) is 0 Å². The summed E-state index contributed by atoms with van der Waals surface area (Å²) in [5.41, 5.74) is 2.35. The van der Waals surface area contributed by atoms with Gasteiger partial charge in [-0.2, -0.15) is 0 Å². The number of carbonyl (C=O) groups excluding carboxylic acids is 1. The Morgan fingerprint density at radius 1 is 1.38 bits per heavy atom. The molecule has 3 heteroatoms. The molecule has 0 heterocycles. The highest BCUT2D eigenvalue weighted by Crippen LogP contribution is 2.21. The van der Waals surface area contributed by atoms with Crippen LogP contribution in [-0.2, 0) is 16.0 Å². The van der Waals surface area contributed by atoms with Crippen molar-refractivity contribution in [1.82, 2.24) is 0 Å². The van der Waals surface area contributed by atoms with Crippen molar-refractivity contribution in [3.8, 4) is 0 Å². The first-order chi connectivity index (χ1) is 7.56. The van der Waals surface area contributed by atoms with Crippen LogP contribution in [0.5, 0.6) is 0 Å². The average Bonchev–Trinajstić information content (AvgIpc) is 2.28. The minimum absolute atomic E-state index is 0.375. The van der Waals surface area contributed by atoms with Crippen LogP contribution < -0.4 is 0 Å². The molecule has 0 aliphatic rings. The molecule has 0 radical (unpaired) electrons. The normalized spacial score (nSPS) is 12.6. The summed E-state index contributed by atoms with van der Waals surface area (Å²) in [4.78, 5) is 11.2. The molecule has 1 aromatic rings. The highest BCUT2D eigenvalue weighted by Gasteiger charge is 2.18. The summed E-state index contributed by atoms with van der Waals surface area (Å²) in [6.07, 6.45) is 0.516. The minimum Gasteiger partial charge on any atom is -0.468 e. The molecule has 0 amide bonds. The zero-order valence-corrected chi connectivity index (χ0v) is 10.6. The van der Waals surface area contributed by atoms with E-state index < -0.39 is 5.38 Å². The number of esters is 1. The molecule has 0 bridgehead atoms. The third-order valence-corrected chi connectivity index (χ3v) is 2.87. The Kier molecular flexibility index (Phi) is 4.81. The Morgan fingerprint density at radius 3 is 2.56 bits per heavy atom. The Morgan fingerprint density at radius 2 is 2.00 bits per heavy atom. The van der Waals surface area contributed by atoms with Crippen molar-refractivity contribution in [1.29, 1.82) is 0 Å². The van der Waals surface area contributed by atoms with Gasteiger partial charge >= 0.3 is 5.97 Å². The molecule has 0 N–H and O–H groups in total. The summed E-state index contributed by atoms with van der Waals surface area (Å²) in [5, 5.41) is -0.607. The van der Waals surface area contributed by atoms with Gasteiger partial charge in [0.2, 0.25) is 0 Å². The predicted molar refractivity (Wildman–Crippen MR) is 65.9 cm³/mol. The Balaban J connectivity index is 2.84. The molecule has 0 aliphatic heterocycles. The van der Waals surface area contributed by atoms with E-state index >= 15 is 0 Å². The van der Waals surface area contributed by atoms with Gasteiger partial charge < -0.3 is 4.74 Å². The standard InChI is InChI=1S/C13H17ClO2/c1-9(2)11-7-5-4-6-10(11)8-12(14)13(15)16-3/h4-7,9,12H,8H2,1-3H3. The SMILES string of the molecule is COC(=O)C(Cl)Cc1ccccc1C(C)C. The van der Waals surface area contributed by atoms with Gasteiger partial charge in [0.05, 0.1) is 7.11 Å². The van der Waals surface area contributed by atoms with Crippen LogP contribution in [0.1, 0.15) is 30.9 Å². The second kappa shape index (κ2) is 5.90. The monoisotopic (exact) mass is 240 g/mol. The summed E-state index contributed by atoms with van der Waals surface area (Å²) < 4.78 is 4.61. The largest absolute Gasteiger partial charge is 0.468 e. The smallest absolute Gasteiger partial charge is 0.324 e. The number of alkyl halides is 1. The lowest BCUT2D eigenvalue weighted by atomic mass is 9.94. The number of ether oxygens (including phenoxy) is 1. The van der Waals surface area contributed by atoms with E-state index in [-0.39, 0.29) is 5.97 Å². The lowest BCUT2D eigenvalue weighted by molar-refractivity contribution is -0.140. The summed E-state index contributed by atoms with van der Waals surface area (Å²) in [7, 11) is 1.35. The van der Waals surface area contributed by atoms with E-state index in [0.717, 1.165) is 5.56 Å². The molecule has 88 valence electrons. The van der Waals surface area contributed by atoms with Crippen molar-refractivity contribution in [3.63, 3.8) is 0 Å². The molecule has 0 fully saturated rings. The molecule has 1 rings (SSSR count). The van der Waals surface area contributed by atoms with E-state index in [9.17, 15) is 4.79 Å². The Hall–Kier alpha value is -1.02. The summed E-state index contributed by atoms with van der Waals surface area (Å²) >= 11 is 5.97. The van der Waals surface area contributed by atoms with E-state index in [0.29, 0.717) is 12.3 Å². The number of methoxy groups -OCH3 is 1. The number of benzene rings is 1. The van der Waals surface area contributed by atoms with Crippen LogP contribution in [0.4, 0.5) is 0 Å². The fourth-order valence-corrected chi connectivity index (χ4v) is 1.94. The van der Waals surface area contributed by atoms with E-state index in [1.54, 1.807) is 0 Å². The molecule has 0 saturated carbocycles. The van der Waals surface area contributed by atoms with Gasteiger partial charge in [0.25, 0.3) is 0 Å². The number of carbonyl (C=O) groups is 1. The van der Waals surface area contributed by atoms with Crippen molar-refractivity contribution in [2.24, 2.45) is 0 Å². The van der Waals surface area contributed by atoms with Crippen molar-refractivity contribution < 1.29 is 9.53 Å². The quantitative estimate of drug-likeness (QED) is 0.597. The van der Waals surface area contributed by atoms with E-state index in [1.807, 2.05) is 18.2 Å². The second-order valence-electron chi connectivity index (χ2n) is 4.05. The number of hydrogen-bond acceptors (Lipinski definition) is 2. The van der Waals surface area contributed by atoms with Crippen LogP contribution in [0.25, 0.3) is 0 Å². The summed E-state index contributed by atoms with van der Waals surface area (Å²) in [5.74, 6) is 0.0536. The molecule has 0 aromatic heterocycles. The van der Waals surface area contributed by atoms with Crippen LogP contribution in [0, 0.1) is 0 Å². The molecule has 0 aliphatic carbocycles. The molecule has 0 saturated heterocycles. The fourth-order valence-electron chi connectivity index (χ4n) is 1.69. The van der Waals surface area contributed by atoms with Gasteiger partial charge in [0.1, 0.15) is 5.38 Å². The van der Waals surface area contributed by atoms with Crippen molar-refractivity contribution in [3.05, 3.63) is 35.4 Å². The van der Waals surface area contributed by atoms with E-state index in [2.05, 4.69) is 24.7 Å². The van der Waals surface area contributed by atoms with Crippen LogP contribution >= 0.6 is 11.6 Å². The summed E-state index contributed by atoms with van der Waals surface area (Å²) in [6, 6.07) is 8.04. The second-order valence-corrected chi connectivity index (χ2v) is 4.58. The van der Waals surface area contributed by atoms with Crippen molar-refractivity contribution in [2.75, 3.05) is 7.11 Å². The minimum atomic E-state index is -0.607. The average molecular weight is 241 g/mol. The zero-order valence-electron chi connectivity index (χ0n) is 9.87. The van der Waals surface area contributed by atoms with Gasteiger partial charge in [-0.3, -0.25) is 4.79 Å². The van der Waals surface area contributed by atoms with Crippen LogP contribution in [-0.4, -0.2) is 18.5 Å². The van der Waals surface area contributed by atoms with Gasteiger partial charge in [-0.25, -0.2) is 0 Å². The lowest BCUT2D eigenvalue weighted by Crippen LogP contribution is -2.19. The number of rotatable bonds is 4. The van der Waals surface area contributed by atoms with Crippen molar-refractivity contribution in [2.45, 2.75) is 31.6 Å². The summed E-state index contributed by atoms with van der Waals surface area (Å²) in [6.45, 7) is 4.25. The molecule has 16 heavy (non-hydrogen) atoms. The van der Waals surface area contributed by atoms with E-state index in [4.69, 9.17) is 11.6 Å². The Labute approximate surface area is 102 Å². The van der Waals surface area contributed by atoms with Crippen LogP contribution in [0.2, 0.25) is 0 Å². The molecule has 0 spiro atoms. The molecule has 1 unspecified atom stereocenters. The van der Waals surface area contributed by atoms with Gasteiger partial charge in [-0.15, -0.1) is 11.6 Å². The topological polar surface area (TPSA) is 26.3 Å². The highest BCUT2D eigenvalue weighted by atomic mass is 35.5. The Bertz CT molecular complexity index is 361. The first kappa shape index (κ1) is 13.0. The maximum atomic E-state index is 11.2. The van der Waals surface area contributed by atoms with E-state index in [1.165, 1.54) is 12.7 Å². The fraction of sp³-hybridized carbons (Fsp3) is 0.462. The number of hydrogen-bond donors (Lipinski definition) is 0. The first-order valence-corrected chi connectivity index (χ1v) is 5.79. The zero-order chi connectivity index (χ0) is 12.1. The first-order valence-electron chi connectivity index (χ1n) is 5.36. The maximum Gasteiger partial charge on any atom is 0.324 e. The maximum absolute atomic E-state index is 11.2. The van der Waals surface area contributed by atoms with Gasteiger partial charge in [-0.05, 0) is 23.5 Å². The predicted octanol–water partition coefficient (Wildman–Crippen LogP) is 3.13. The number of halogens is 1. The van der Waals surface area contributed by atoms with Gasteiger partial charge in [-0.1, -0.05) is 38.1 Å². The molecular weight excluding hydrogens is 224 g/mol. The molecule has 2 nitrogen and oxygen atoms in total. The molecule has 1 aromatic carbocycles. The third kappa shape index (κ3) is 3.24. The van der Waals surface area contributed by atoms with Crippen LogP contribution in [0.15, 0.2) is 24.3 Å². The lowest BCUT2D eigenvalue weighted by Gasteiger charge is -2.14. The third-order valence-electron chi connectivity index (χ3n) is 2.53. The highest BCUT2D eigenvalue weighted by molar-refractivity contribution is 6.30. The van der Waals surface area contributed by atoms with Gasteiger partial charge in [0, 0.05) is 0 Å². The van der Waals surface area contributed by atoms with Crippen molar-refractivity contribution >= 4 is 17.6 Å². The molecular formula is C13H17ClO2. The van der Waals surface area contributed by atoms with Crippen LogP contribution in [0.3, 0.4) is 0 Å².